The van der Waals surface area contributed by atoms with Crippen molar-refractivity contribution in [3.63, 3.8) is 0 Å². The minimum Gasteiger partial charge on any atom is -0.493 e. The van der Waals surface area contributed by atoms with Gasteiger partial charge in [0.2, 0.25) is 0 Å². The molecule has 0 aliphatic carbocycles. The molecule has 5 heteroatoms. The van der Waals surface area contributed by atoms with Crippen molar-refractivity contribution in [2.75, 3.05) is 20.8 Å². The van der Waals surface area contributed by atoms with Crippen molar-refractivity contribution in [1.82, 2.24) is 0 Å². The van der Waals surface area contributed by atoms with Crippen LogP contribution in [0.1, 0.15) is 18.6 Å². The Balaban J connectivity index is 3.01. The zero-order valence-electron chi connectivity index (χ0n) is 11.3. The van der Waals surface area contributed by atoms with E-state index in [1.165, 1.54) is 14.2 Å². The fraction of sp³-hybridized carbons (Fsp3) is 0.357. The highest BCUT2D eigenvalue weighted by atomic mass is 16.5. The molecule has 0 spiro atoms. The second kappa shape index (κ2) is 6.80. The van der Waals surface area contributed by atoms with Crippen LogP contribution < -0.4 is 9.47 Å². The molecular formula is C14H18O5. The summed E-state index contributed by atoms with van der Waals surface area (Å²) in [5, 5.41) is 10.0. The topological polar surface area (TPSA) is 65.0 Å². The average Bonchev–Trinajstić information content (AvgIpc) is 2.45. The van der Waals surface area contributed by atoms with Gasteiger partial charge in [-0.05, 0) is 24.6 Å². The standard InChI is InChI=1S/C14H18O5/c1-5-19-11-7-6-10(8-12(11)17-3)13(15)9(2)14(16)18-4/h6-8,13,15H,2,5H2,1,3-4H3. The number of aliphatic hydroxyl groups is 1. The van der Waals surface area contributed by atoms with E-state index in [0.29, 0.717) is 23.7 Å². The summed E-state index contributed by atoms with van der Waals surface area (Å²) in [4.78, 5) is 11.3. The third kappa shape index (κ3) is 3.48. The monoisotopic (exact) mass is 266 g/mol. The van der Waals surface area contributed by atoms with Gasteiger partial charge in [0.05, 0.1) is 26.4 Å². The first kappa shape index (κ1) is 15.0. The predicted octanol–water partition coefficient (Wildman–Crippen LogP) is 1.86. The lowest BCUT2D eigenvalue weighted by molar-refractivity contribution is -0.137. The quantitative estimate of drug-likeness (QED) is 0.629. The molecule has 5 nitrogen and oxygen atoms in total. The minimum absolute atomic E-state index is 0.0336. The van der Waals surface area contributed by atoms with Crippen molar-refractivity contribution < 1.29 is 24.1 Å². The zero-order chi connectivity index (χ0) is 14.4. The normalized spacial score (nSPS) is 11.6. The van der Waals surface area contributed by atoms with Crippen LogP contribution in [0.3, 0.4) is 0 Å². The molecule has 1 aromatic carbocycles. The number of ether oxygens (including phenoxy) is 3. The van der Waals surface area contributed by atoms with Gasteiger partial charge < -0.3 is 19.3 Å². The summed E-state index contributed by atoms with van der Waals surface area (Å²) in [5.74, 6) is 0.404. The maximum Gasteiger partial charge on any atom is 0.336 e. The Labute approximate surface area is 112 Å². The molecule has 19 heavy (non-hydrogen) atoms. The van der Waals surface area contributed by atoms with Gasteiger partial charge in [-0.25, -0.2) is 4.79 Å². The Hall–Kier alpha value is -2.01. The fourth-order valence-electron chi connectivity index (χ4n) is 1.57. The zero-order valence-corrected chi connectivity index (χ0v) is 11.3. The highest BCUT2D eigenvalue weighted by Crippen LogP contribution is 2.32. The molecule has 0 radical (unpaired) electrons. The fourth-order valence-corrected chi connectivity index (χ4v) is 1.57. The third-order valence-corrected chi connectivity index (χ3v) is 2.58. The molecule has 1 atom stereocenters. The van der Waals surface area contributed by atoms with E-state index in [1.807, 2.05) is 6.92 Å². The second-order valence-electron chi connectivity index (χ2n) is 3.76. The van der Waals surface area contributed by atoms with Gasteiger partial charge in [-0.1, -0.05) is 12.6 Å². The van der Waals surface area contributed by atoms with Crippen LogP contribution in [0.15, 0.2) is 30.4 Å². The Kier molecular flexibility index (Phi) is 5.38. The molecule has 0 amide bonds. The number of hydrogen-bond acceptors (Lipinski definition) is 5. The number of carbonyl (C=O) groups excluding carboxylic acids is 1. The van der Waals surface area contributed by atoms with Crippen molar-refractivity contribution in [2.24, 2.45) is 0 Å². The van der Waals surface area contributed by atoms with Crippen LogP contribution in [0.2, 0.25) is 0 Å². The Morgan fingerprint density at radius 3 is 2.58 bits per heavy atom. The van der Waals surface area contributed by atoms with Crippen molar-refractivity contribution in [3.05, 3.63) is 35.9 Å². The van der Waals surface area contributed by atoms with Crippen LogP contribution in [0.5, 0.6) is 11.5 Å². The lowest BCUT2D eigenvalue weighted by atomic mass is 10.0. The highest BCUT2D eigenvalue weighted by Gasteiger charge is 2.20. The highest BCUT2D eigenvalue weighted by molar-refractivity contribution is 5.89. The lowest BCUT2D eigenvalue weighted by Crippen LogP contribution is -2.12. The molecule has 0 aromatic heterocycles. The van der Waals surface area contributed by atoms with E-state index in [4.69, 9.17) is 9.47 Å². The van der Waals surface area contributed by atoms with Crippen molar-refractivity contribution in [3.8, 4) is 11.5 Å². The molecule has 0 saturated carbocycles. The first-order valence-electron chi connectivity index (χ1n) is 5.81. The minimum atomic E-state index is -1.14. The van der Waals surface area contributed by atoms with E-state index >= 15 is 0 Å². The number of esters is 1. The molecule has 1 aromatic rings. The molecule has 0 fully saturated rings. The molecule has 0 saturated heterocycles. The molecule has 0 heterocycles. The summed E-state index contributed by atoms with van der Waals surface area (Å²) in [6.45, 7) is 5.89. The van der Waals surface area contributed by atoms with Crippen LogP contribution in [-0.2, 0) is 9.53 Å². The van der Waals surface area contributed by atoms with Gasteiger partial charge in [-0.3, -0.25) is 0 Å². The summed E-state index contributed by atoms with van der Waals surface area (Å²) in [5.41, 5.74) is 0.449. The largest absolute Gasteiger partial charge is 0.493 e. The van der Waals surface area contributed by atoms with Gasteiger partial charge in [0.15, 0.2) is 11.5 Å². The number of carbonyl (C=O) groups is 1. The SMILES string of the molecule is C=C(C(=O)OC)C(O)c1ccc(OCC)c(OC)c1. The lowest BCUT2D eigenvalue weighted by Gasteiger charge is -2.15. The van der Waals surface area contributed by atoms with Gasteiger partial charge in [-0.2, -0.15) is 0 Å². The molecule has 1 unspecified atom stereocenters. The molecule has 1 N–H and O–H groups in total. The number of rotatable bonds is 6. The van der Waals surface area contributed by atoms with Gasteiger partial charge in [-0.15, -0.1) is 0 Å². The smallest absolute Gasteiger partial charge is 0.336 e. The van der Waals surface area contributed by atoms with Gasteiger partial charge >= 0.3 is 5.97 Å². The van der Waals surface area contributed by atoms with Gasteiger partial charge in [0, 0.05) is 0 Å². The molecule has 0 aliphatic rings. The van der Waals surface area contributed by atoms with E-state index in [1.54, 1.807) is 18.2 Å². The Morgan fingerprint density at radius 1 is 1.37 bits per heavy atom. The van der Waals surface area contributed by atoms with Crippen LogP contribution in [-0.4, -0.2) is 31.9 Å². The van der Waals surface area contributed by atoms with Gasteiger partial charge in [0.1, 0.15) is 6.10 Å². The number of methoxy groups -OCH3 is 2. The van der Waals surface area contributed by atoms with Crippen molar-refractivity contribution in [1.29, 1.82) is 0 Å². The summed E-state index contributed by atoms with van der Waals surface area (Å²) < 4.78 is 15.1. The molecule has 104 valence electrons. The molecule has 0 bridgehead atoms. The van der Waals surface area contributed by atoms with Crippen molar-refractivity contribution >= 4 is 5.97 Å². The predicted molar refractivity (Wildman–Crippen MR) is 70.3 cm³/mol. The second-order valence-corrected chi connectivity index (χ2v) is 3.76. The molecule has 0 aliphatic heterocycles. The van der Waals surface area contributed by atoms with Crippen LogP contribution in [0.25, 0.3) is 0 Å². The Morgan fingerprint density at radius 2 is 2.05 bits per heavy atom. The van der Waals surface area contributed by atoms with Crippen LogP contribution in [0.4, 0.5) is 0 Å². The molecular weight excluding hydrogens is 248 g/mol. The summed E-state index contributed by atoms with van der Waals surface area (Å²) in [6.07, 6.45) is -1.14. The van der Waals surface area contributed by atoms with Crippen LogP contribution in [0, 0.1) is 0 Å². The number of aliphatic hydroxyl groups excluding tert-OH is 1. The van der Waals surface area contributed by atoms with Crippen LogP contribution >= 0.6 is 0 Å². The van der Waals surface area contributed by atoms with E-state index in [9.17, 15) is 9.90 Å². The number of hydrogen-bond donors (Lipinski definition) is 1. The average molecular weight is 266 g/mol. The van der Waals surface area contributed by atoms with Crippen molar-refractivity contribution in [2.45, 2.75) is 13.0 Å². The van der Waals surface area contributed by atoms with Gasteiger partial charge in [0.25, 0.3) is 0 Å². The van der Waals surface area contributed by atoms with E-state index in [0.717, 1.165) is 0 Å². The summed E-state index contributed by atoms with van der Waals surface area (Å²) in [7, 11) is 2.74. The molecule has 1 rings (SSSR count). The third-order valence-electron chi connectivity index (χ3n) is 2.58. The Bertz CT molecular complexity index is 467. The summed E-state index contributed by atoms with van der Waals surface area (Å²) in [6, 6.07) is 4.92. The maximum atomic E-state index is 11.3. The first-order chi connectivity index (χ1) is 9.04. The van der Waals surface area contributed by atoms with E-state index < -0.39 is 12.1 Å². The summed E-state index contributed by atoms with van der Waals surface area (Å²) >= 11 is 0. The maximum absolute atomic E-state index is 11.3. The van der Waals surface area contributed by atoms with E-state index in [2.05, 4.69) is 11.3 Å². The number of benzene rings is 1. The first-order valence-corrected chi connectivity index (χ1v) is 5.81. The van der Waals surface area contributed by atoms with E-state index in [-0.39, 0.29) is 5.57 Å².